The number of halogens is 1. The minimum atomic E-state index is 0.00744. The quantitative estimate of drug-likeness (QED) is 0.726. The third kappa shape index (κ3) is 5.00. The van der Waals surface area contributed by atoms with E-state index >= 15 is 0 Å². The van der Waals surface area contributed by atoms with Crippen molar-refractivity contribution in [2.45, 2.75) is 26.9 Å². The fourth-order valence-corrected chi connectivity index (χ4v) is 1.94. The molecule has 0 spiro atoms. The van der Waals surface area contributed by atoms with Crippen LogP contribution in [-0.4, -0.2) is 27.6 Å². The molecule has 0 fully saturated rings. The number of aromatic nitrogens is 3. The van der Waals surface area contributed by atoms with E-state index in [0.717, 1.165) is 12.2 Å². The summed E-state index contributed by atoms with van der Waals surface area (Å²) in [6.07, 6.45) is 0.00744. The first-order valence-corrected chi connectivity index (χ1v) is 7.84. The zero-order chi connectivity index (χ0) is 15.2. The first-order chi connectivity index (χ1) is 10.1. The van der Waals surface area contributed by atoms with Crippen LogP contribution in [0.15, 0.2) is 24.3 Å². The molecule has 1 aromatic carbocycles. The van der Waals surface area contributed by atoms with E-state index < -0.39 is 0 Å². The first kappa shape index (κ1) is 15.7. The Kier molecular flexibility index (Phi) is 5.54. The van der Waals surface area contributed by atoms with E-state index in [1.165, 1.54) is 3.57 Å². The minimum Gasteiger partial charge on any atom is -0.461 e. The Balaban J connectivity index is 2.24. The average molecular weight is 399 g/mol. The van der Waals surface area contributed by atoms with Crippen molar-refractivity contribution in [1.29, 1.82) is 0 Å². The third-order valence-corrected chi connectivity index (χ3v) is 3.11. The van der Waals surface area contributed by atoms with Crippen LogP contribution >= 0.6 is 22.6 Å². The molecule has 6 nitrogen and oxygen atoms in total. The molecule has 2 rings (SSSR count). The summed E-state index contributed by atoms with van der Waals surface area (Å²) in [5.74, 6) is 0.953. The zero-order valence-corrected chi connectivity index (χ0v) is 14.4. The SMILES string of the molecule is CCNc1nc(Nc2ccc(I)cc2)nc(OC(C)C)n1. The molecule has 21 heavy (non-hydrogen) atoms. The zero-order valence-electron chi connectivity index (χ0n) is 12.2. The van der Waals surface area contributed by atoms with E-state index in [4.69, 9.17) is 4.74 Å². The number of ether oxygens (including phenoxy) is 1. The smallest absolute Gasteiger partial charge is 0.323 e. The Morgan fingerprint density at radius 2 is 1.76 bits per heavy atom. The number of benzene rings is 1. The highest BCUT2D eigenvalue weighted by Crippen LogP contribution is 2.18. The van der Waals surface area contributed by atoms with Crippen molar-refractivity contribution in [2.24, 2.45) is 0 Å². The van der Waals surface area contributed by atoms with Gasteiger partial charge in [0, 0.05) is 15.8 Å². The van der Waals surface area contributed by atoms with E-state index in [0.29, 0.717) is 17.9 Å². The highest BCUT2D eigenvalue weighted by molar-refractivity contribution is 14.1. The first-order valence-electron chi connectivity index (χ1n) is 6.76. The van der Waals surface area contributed by atoms with Crippen LogP contribution < -0.4 is 15.4 Å². The van der Waals surface area contributed by atoms with Gasteiger partial charge in [0.15, 0.2) is 0 Å². The molecule has 0 bridgehead atoms. The predicted molar refractivity (Wildman–Crippen MR) is 92.2 cm³/mol. The van der Waals surface area contributed by atoms with Crippen molar-refractivity contribution in [1.82, 2.24) is 15.0 Å². The van der Waals surface area contributed by atoms with Crippen molar-refractivity contribution in [3.05, 3.63) is 27.8 Å². The van der Waals surface area contributed by atoms with Crippen molar-refractivity contribution >= 4 is 40.2 Å². The minimum absolute atomic E-state index is 0.00744. The van der Waals surface area contributed by atoms with Gasteiger partial charge in [0.1, 0.15) is 0 Å². The van der Waals surface area contributed by atoms with Gasteiger partial charge in [-0.25, -0.2) is 0 Å². The molecule has 0 amide bonds. The fraction of sp³-hybridized carbons (Fsp3) is 0.357. The van der Waals surface area contributed by atoms with E-state index in [2.05, 4.69) is 48.2 Å². The van der Waals surface area contributed by atoms with Crippen molar-refractivity contribution < 1.29 is 4.74 Å². The lowest BCUT2D eigenvalue weighted by Gasteiger charge is -2.11. The summed E-state index contributed by atoms with van der Waals surface area (Å²) in [6, 6.07) is 8.29. The molecular formula is C14H18IN5O. The molecule has 0 unspecified atom stereocenters. The van der Waals surface area contributed by atoms with Gasteiger partial charge in [-0.2, -0.15) is 15.0 Å². The lowest BCUT2D eigenvalue weighted by atomic mass is 10.3. The summed E-state index contributed by atoms with van der Waals surface area (Å²) >= 11 is 2.26. The molecule has 2 aromatic rings. The number of rotatable bonds is 6. The third-order valence-electron chi connectivity index (χ3n) is 2.39. The Morgan fingerprint density at radius 1 is 1.10 bits per heavy atom. The fourth-order valence-electron chi connectivity index (χ4n) is 1.58. The van der Waals surface area contributed by atoms with Crippen LogP contribution in [0.2, 0.25) is 0 Å². The van der Waals surface area contributed by atoms with Gasteiger partial charge in [0.2, 0.25) is 11.9 Å². The molecule has 0 saturated heterocycles. The Labute approximate surface area is 137 Å². The van der Waals surface area contributed by atoms with E-state index in [-0.39, 0.29) is 6.10 Å². The molecule has 0 aliphatic carbocycles. The monoisotopic (exact) mass is 399 g/mol. The number of nitrogens with zero attached hydrogens (tertiary/aromatic N) is 3. The lowest BCUT2D eigenvalue weighted by molar-refractivity contribution is 0.222. The number of hydrogen-bond acceptors (Lipinski definition) is 6. The second-order valence-electron chi connectivity index (χ2n) is 4.59. The Morgan fingerprint density at radius 3 is 2.38 bits per heavy atom. The summed E-state index contributed by atoms with van der Waals surface area (Å²) in [7, 11) is 0. The maximum absolute atomic E-state index is 5.56. The Bertz CT molecular complexity index is 588. The number of nitrogens with one attached hydrogen (secondary N) is 2. The van der Waals surface area contributed by atoms with Gasteiger partial charge >= 0.3 is 6.01 Å². The topological polar surface area (TPSA) is 72.0 Å². The van der Waals surface area contributed by atoms with E-state index in [9.17, 15) is 0 Å². The molecule has 0 aliphatic rings. The lowest BCUT2D eigenvalue weighted by Crippen LogP contribution is -2.12. The van der Waals surface area contributed by atoms with Crippen LogP contribution in [0.3, 0.4) is 0 Å². The molecule has 0 saturated carbocycles. The van der Waals surface area contributed by atoms with E-state index in [1.807, 2.05) is 45.0 Å². The second-order valence-corrected chi connectivity index (χ2v) is 5.84. The molecule has 0 atom stereocenters. The normalized spacial score (nSPS) is 10.5. The van der Waals surface area contributed by atoms with Crippen molar-refractivity contribution in [3.63, 3.8) is 0 Å². The van der Waals surface area contributed by atoms with Gasteiger partial charge in [-0.15, -0.1) is 0 Å². The standard InChI is InChI=1S/C14H18IN5O/c1-4-16-12-18-13(20-14(19-12)21-9(2)3)17-11-7-5-10(15)6-8-11/h5-9H,4H2,1-3H3,(H2,16,17,18,19,20). The number of hydrogen-bond donors (Lipinski definition) is 2. The predicted octanol–water partition coefficient (Wildman–Crippen LogP) is 3.44. The molecule has 2 N–H and O–H groups in total. The number of anilines is 3. The molecular weight excluding hydrogens is 381 g/mol. The Hall–Kier alpha value is -1.64. The summed E-state index contributed by atoms with van der Waals surface area (Å²) in [4.78, 5) is 12.8. The molecule has 0 radical (unpaired) electrons. The highest BCUT2D eigenvalue weighted by atomic mass is 127. The van der Waals surface area contributed by atoms with Crippen LogP contribution in [0.5, 0.6) is 6.01 Å². The molecule has 1 aromatic heterocycles. The summed E-state index contributed by atoms with van der Waals surface area (Å²) in [5, 5.41) is 6.23. The maximum Gasteiger partial charge on any atom is 0.323 e. The highest BCUT2D eigenvalue weighted by Gasteiger charge is 2.09. The van der Waals surface area contributed by atoms with Crippen LogP contribution in [0.1, 0.15) is 20.8 Å². The average Bonchev–Trinajstić information content (AvgIpc) is 2.41. The van der Waals surface area contributed by atoms with Gasteiger partial charge in [-0.05, 0) is 67.6 Å². The molecule has 1 heterocycles. The van der Waals surface area contributed by atoms with Crippen molar-refractivity contribution in [2.75, 3.05) is 17.2 Å². The van der Waals surface area contributed by atoms with Gasteiger partial charge < -0.3 is 15.4 Å². The van der Waals surface area contributed by atoms with Crippen LogP contribution in [0.25, 0.3) is 0 Å². The van der Waals surface area contributed by atoms with Gasteiger partial charge in [-0.1, -0.05) is 0 Å². The van der Waals surface area contributed by atoms with E-state index in [1.54, 1.807) is 0 Å². The van der Waals surface area contributed by atoms with Gasteiger partial charge in [-0.3, -0.25) is 0 Å². The molecule has 7 heteroatoms. The summed E-state index contributed by atoms with van der Waals surface area (Å²) in [6.45, 7) is 6.58. The van der Waals surface area contributed by atoms with Crippen LogP contribution in [-0.2, 0) is 0 Å². The molecule has 0 aliphatic heterocycles. The summed E-state index contributed by atoms with van der Waals surface area (Å²) < 4.78 is 6.73. The van der Waals surface area contributed by atoms with Gasteiger partial charge in [0.25, 0.3) is 0 Å². The van der Waals surface area contributed by atoms with Gasteiger partial charge in [0.05, 0.1) is 6.10 Å². The molecule has 112 valence electrons. The largest absolute Gasteiger partial charge is 0.461 e. The maximum atomic E-state index is 5.56. The second kappa shape index (κ2) is 7.39. The van der Waals surface area contributed by atoms with Crippen molar-refractivity contribution in [3.8, 4) is 6.01 Å². The van der Waals surface area contributed by atoms with Crippen LogP contribution in [0.4, 0.5) is 17.6 Å². The summed E-state index contributed by atoms with van der Waals surface area (Å²) in [5.41, 5.74) is 0.916. The van der Waals surface area contributed by atoms with Crippen LogP contribution in [0, 0.1) is 3.57 Å².